The molecule has 3 aliphatic rings. The highest BCUT2D eigenvalue weighted by Crippen LogP contribution is 2.61. The molecule has 5 rings (SSSR count). The molecule has 6 nitrogen and oxygen atoms in total. The van der Waals surface area contributed by atoms with Crippen molar-refractivity contribution in [1.29, 1.82) is 0 Å². The molecule has 2 aromatic rings. The third-order valence-corrected chi connectivity index (χ3v) is 10.1. The lowest BCUT2D eigenvalue weighted by molar-refractivity contribution is -0.142. The predicted octanol–water partition coefficient (Wildman–Crippen LogP) is 1.27. The van der Waals surface area contributed by atoms with E-state index in [1.165, 1.54) is 18.3 Å². The first-order valence-corrected chi connectivity index (χ1v) is 13.9. The maximum atomic E-state index is 14.1. The van der Waals surface area contributed by atoms with Crippen molar-refractivity contribution in [2.75, 3.05) is 11.4 Å². The number of fused-ring (bicyclic) bond motifs is 3. The molecular formula is C26H26B7NO5S. The summed E-state index contributed by atoms with van der Waals surface area (Å²) in [6.45, 7) is 9.41. The number of amides is 1. The second-order valence-electron chi connectivity index (χ2n) is 12.1. The average molecular weight is 540 g/mol. The molecule has 0 N–H and O–H groups in total. The standard InChI is InChI=1S/C26H26B7NO5S/c1-13(35)37-12-15-16(33-38-22(2,3)23(4,5)39-33)7-6-8-17(15)34-10-9-14-19-18(40-20(14)21(34)36)11-24(27,28)26(31,32)25(19,29)30/h6-8H,9-12H2,1-5H3. The lowest BCUT2D eigenvalue weighted by Gasteiger charge is -2.59. The van der Waals surface area contributed by atoms with Crippen molar-refractivity contribution in [1.82, 2.24) is 0 Å². The molecular weight excluding hydrogens is 514 g/mol. The third-order valence-electron chi connectivity index (χ3n) is 8.83. The molecule has 1 aromatic heterocycles. The fourth-order valence-electron chi connectivity index (χ4n) is 5.58. The van der Waals surface area contributed by atoms with Crippen molar-refractivity contribution in [3.8, 4) is 0 Å². The Bertz CT molecular complexity index is 1390. The highest BCUT2D eigenvalue weighted by Gasteiger charge is 2.54. The Balaban J connectivity index is 1.58. The normalized spacial score (nSPS) is 23.4. The van der Waals surface area contributed by atoms with Gasteiger partial charge in [-0.15, -0.1) is 21.8 Å². The maximum absolute atomic E-state index is 14.1. The van der Waals surface area contributed by atoms with Crippen LogP contribution in [0.4, 0.5) is 5.69 Å². The molecule has 40 heavy (non-hydrogen) atoms. The van der Waals surface area contributed by atoms with Gasteiger partial charge in [0.2, 0.25) is 0 Å². The van der Waals surface area contributed by atoms with Gasteiger partial charge in [0.25, 0.3) is 5.91 Å². The van der Waals surface area contributed by atoms with Gasteiger partial charge in [0.15, 0.2) is 0 Å². The molecule has 12 radical (unpaired) electrons. The minimum atomic E-state index is -1.82. The van der Waals surface area contributed by atoms with Crippen LogP contribution in [0.1, 0.15) is 65.9 Å². The Hall–Kier alpha value is -1.77. The lowest BCUT2D eigenvalue weighted by atomic mass is 9.15. The number of esters is 1. The fraction of sp³-hybridized carbons (Fsp3) is 0.538. The summed E-state index contributed by atoms with van der Waals surface area (Å²) in [5.74, 6) is -0.708. The van der Waals surface area contributed by atoms with E-state index in [-0.39, 0.29) is 18.9 Å². The zero-order valence-corrected chi connectivity index (χ0v) is 24.3. The van der Waals surface area contributed by atoms with Gasteiger partial charge in [0, 0.05) is 23.9 Å². The molecule has 0 saturated carbocycles. The number of hydrogen-bond donors (Lipinski definition) is 0. The van der Waals surface area contributed by atoms with Crippen LogP contribution in [0, 0.1) is 0 Å². The number of carbonyl (C=O) groups excluding carboxylic acids is 2. The number of anilines is 1. The summed E-state index contributed by atoms with van der Waals surface area (Å²) in [5, 5.41) is -5.17. The first-order chi connectivity index (χ1) is 18.3. The van der Waals surface area contributed by atoms with Crippen LogP contribution in [0.5, 0.6) is 0 Å². The molecule has 192 valence electrons. The second-order valence-corrected chi connectivity index (χ2v) is 13.2. The Morgan fingerprint density at radius 3 is 2.30 bits per heavy atom. The molecule has 0 atom stereocenters. The van der Waals surface area contributed by atoms with Crippen molar-refractivity contribution in [3.05, 3.63) is 44.6 Å². The molecule has 0 unspecified atom stereocenters. The van der Waals surface area contributed by atoms with E-state index in [0.717, 1.165) is 0 Å². The number of hydrogen-bond acceptors (Lipinski definition) is 6. The van der Waals surface area contributed by atoms with E-state index < -0.39 is 39.9 Å². The van der Waals surface area contributed by atoms with Crippen LogP contribution in [0.2, 0.25) is 10.4 Å². The zero-order chi connectivity index (χ0) is 29.6. The molecule has 1 saturated heterocycles. The SMILES string of the molecule is [B]C1([B])Cc2sc3c(c2C([B])([B])C1([B])[B])CCN(c1cccc(B2OC(C)(C)C(C)(C)O2)c1COC(C)=O)C3=O. The Kier molecular flexibility index (Phi) is 6.96. The van der Waals surface area contributed by atoms with Gasteiger partial charge in [-0.1, -0.05) is 17.3 Å². The largest absolute Gasteiger partial charge is 0.495 e. The van der Waals surface area contributed by atoms with Crippen molar-refractivity contribution >= 4 is 88.6 Å². The summed E-state index contributed by atoms with van der Waals surface area (Å²) in [6, 6.07) is 5.50. The monoisotopic (exact) mass is 541 g/mol. The van der Waals surface area contributed by atoms with E-state index in [9.17, 15) is 9.59 Å². The second kappa shape index (κ2) is 9.37. The van der Waals surface area contributed by atoms with Gasteiger partial charge in [-0.3, -0.25) is 9.59 Å². The summed E-state index contributed by atoms with van der Waals surface area (Å²) >= 11 is 1.25. The number of nitrogens with zero attached hydrogens (tertiary/aromatic N) is 1. The van der Waals surface area contributed by atoms with Crippen LogP contribution in [-0.2, 0) is 43.5 Å². The molecule has 1 amide bonds. The molecule has 0 bridgehead atoms. The summed E-state index contributed by atoms with van der Waals surface area (Å²) in [5.41, 5.74) is 1.94. The Morgan fingerprint density at radius 1 is 1.07 bits per heavy atom. The highest BCUT2D eigenvalue weighted by molar-refractivity contribution is 7.14. The average Bonchev–Trinajstić information content (AvgIpc) is 3.30. The van der Waals surface area contributed by atoms with E-state index in [0.29, 0.717) is 50.6 Å². The summed E-state index contributed by atoms with van der Waals surface area (Å²) < 4.78 is 18.0. The first kappa shape index (κ1) is 29.7. The van der Waals surface area contributed by atoms with Crippen LogP contribution < -0.4 is 10.4 Å². The first-order valence-electron chi connectivity index (χ1n) is 13.1. The van der Waals surface area contributed by atoms with E-state index in [4.69, 9.17) is 61.1 Å². The Morgan fingerprint density at radius 2 is 1.70 bits per heavy atom. The van der Waals surface area contributed by atoms with Gasteiger partial charge in [0.1, 0.15) is 6.61 Å². The van der Waals surface area contributed by atoms with Crippen molar-refractivity contribution < 1.29 is 23.6 Å². The quantitative estimate of drug-likeness (QED) is 0.432. The summed E-state index contributed by atoms with van der Waals surface area (Å²) in [6.07, 6.45) is 0.556. The highest BCUT2D eigenvalue weighted by atomic mass is 32.1. The van der Waals surface area contributed by atoms with Crippen LogP contribution >= 0.6 is 11.3 Å². The van der Waals surface area contributed by atoms with E-state index in [1.54, 1.807) is 4.90 Å². The van der Waals surface area contributed by atoms with Gasteiger partial charge in [0.05, 0.1) is 68.8 Å². The zero-order valence-electron chi connectivity index (χ0n) is 23.5. The van der Waals surface area contributed by atoms with E-state index in [1.807, 2.05) is 45.9 Å². The minimum Gasteiger partial charge on any atom is -0.461 e. The molecule has 14 heteroatoms. The van der Waals surface area contributed by atoms with Crippen molar-refractivity contribution in [2.45, 2.75) is 80.9 Å². The van der Waals surface area contributed by atoms with Crippen LogP contribution in [0.15, 0.2) is 18.2 Å². The molecule has 0 spiro atoms. The minimum absolute atomic E-state index is 0.0665. The van der Waals surface area contributed by atoms with Crippen LogP contribution in [-0.4, -0.2) is 83.8 Å². The Labute approximate surface area is 248 Å². The number of benzene rings is 1. The predicted molar refractivity (Wildman–Crippen MR) is 163 cm³/mol. The fourth-order valence-corrected chi connectivity index (χ4v) is 7.06. The van der Waals surface area contributed by atoms with Crippen molar-refractivity contribution in [2.24, 2.45) is 0 Å². The molecule has 3 heterocycles. The molecule has 1 aliphatic carbocycles. The van der Waals surface area contributed by atoms with Gasteiger partial charge >= 0.3 is 13.1 Å². The summed E-state index contributed by atoms with van der Waals surface area (Å²) in [7, 11) is 37.4. The topological polar surface area (TPSA) is 65.1 Å². The van der Waals surface area contributed by atoms with E-state index in [2.05, 4.69) is 0 Å². The van der Waals surface area contributed by atoms with Gasteiger partial charge < -0.3 is 18.9 Å². The van der Waals surface area contributed by atoms with Gasteiger partial charge in [-0.05, 0) is 63.2 Å². The van der Waals surface area contributed by atoms with Crippen LogP contribution in [0.3, 0.4) is 0 Å². The summed E-state index contributed by atoms with van der Waals surface area (Å²) in [4.78, 5) is 28.7. The third kappa shape index (κ3) is 4.30. The van der Waals surface area contributed by atoms with Gasteiger partial charge in [-0.2, -0.15) is 0 Å². The maximum Gasteiger partial charge on any atom is 0.495 e. The number of carbonyl (C=O) groups is 2. The van der Waals surface area contributed by atoms with Crippen LogP contribution in [0.25, 0.3) is 0 Å². The van der Waals surface area contributed by atoms with Crippen molar-refractivity contribution in [3.63, 3.8) is 0 Å². The number of ether oxygens (including phenoxy) is 1. The molecule has 1 aromatic carbocycles. The number of rotatable bonds is 4. The molecule has 2 aliphatic heterocycles. The van der Waals surface area contributed by atoms with Gasteiger partial charge in [-0.25, -0.2) is 0 Å². The number of thiophene rings is 1. The van der Waals surface area contributed by atoms with E-state index >= 15 is 0 Å². The smallest absolute Gasteiger partial charge is 0.461 e. The lowest BCUT2D eigenvalue weighted by Crippen LogP contribution is -2.54. The molecule has 1 fully saturated rings.